The lowest BCUT2D eigenvalue weighted by Gasteiger charge is -2.33. The summed E-state index contributed by atoms with van der Waals surface area (Å²) in [5.74, 6) is 0.849. The van der Waals surface area contributed by atoms with E-state index in [1.165, 1.54) is 32.1 Å². The van der Waals surface area contributed by atoms with Crippen LogP contribution in [0.1, 0.15) is 52.4 Å². The van der Waals surface area contributed by atoms with Gasteiger partial charge in [0.05, 0.1) is 6.07 Å². The van der Waals surface area contributed by atoms with Crippen molar-refractivity contribution in [2.24, 2.45) is 11.7 Å². The molecule has 17 heavy (non-hydrogen) atoms. The van der Waals surface area contributed by atoms with Crippen LogP contribution in [0.15, 0.2) is 0 Å². The zero-order valence-electron chi connectivity index (χ0n) is 11.6. The summed E-state index contributed by atoms with van der Waals surface area (Å²) < 4.78 is 0. The Hall–Kier alpha value is -0.590. The molecule has 0 aliphatic heterocycles. The summed E-state index contributed by atoms with van der Waals surface area (Å²) >= 11 is 0. The van der Waals surface area contributed by atoms with Gasteiger partial charge in [-0.15, -0.1) is 0 Å². The molecule has 1 rings (SSSR count). The molecule has 0 amide bonds. The summed E-state index contributed by atoms with van der Waals surface area (Å²) in [6, 6.07) is 2.56. The van der Waals surface area contributed by atoms with E-state index in [-0.39, 0.29) is 0 Å². The highest BCUT2D eigenvalue weighted by Crippen LogP contribution is 2.25. The normalized spacial score (nSPS) is 23.1. The van der Waals surface area contributed by atoms with E-state index in [1.807, 2.05) is 6.92 Å². The average molecular weight is 237 g/mol. The lowest BCUT2D eigenvalue weighted by atomic mass is 9.88. The van der Waals surface area contributed by atoms with Crippen molar-refractivity contribution >= 4 is 0 Å². The van der Waals surface area contributed by atoms with Gasteiger partial charge >= 0.3 is 0 Å². The van der Waals surface area contributed by atoms with Gasteiger partial charge in [-0.25, -0.2) is 0 Å². The predicted molar refractivity (Wildman–Crippen MR) is 71.5 cm³/mol. The minimum atomic E-state index is -0.694. The first-order valence-electron chi connectivity index (χ1n) is 6.85. The van der Waals surface area contributed by atoms with Crippen LogP contribution in [0.3, 0.4) is 0 Å². The zero-order chi connectivity index (χ0) is 12.9. The second-order valence-electron chi connectivity index (χ2n) is 6.03. The maximum Gasteiger partial charge on any atom is 0.102 e. The van der Waals surface area contributed by atoms with Gasteiger partial charge < -0.3 is 10.6 Å². The number of nitriles is 1. The van der Waals surface area contributed by atoms with Crippen LogP contribution in [0.2, 0.25) is 0 Å². The highest BCUT2D eigenvalue weighted by molar-refractivity contribution is 5.02. The standard InChI is InChI=1S/C14H27N3/c1-12(9-14(2,16)11-15)17(3)10-13-7-5-4-6-8-13/h12-13H,4-10,16H2,1-3H3. The van der Waals surface area contributed by atoms with Gasteiger partial charge in [-0.05, 0) is 46.1 Å². The maximum absolute atomic E-state index is 8.95. The summed E-state index contributed by atoms with van der Waals surface area (Å²) in [6.07, 6.45) is 7.67. The molecule has 2 atom stereocenters. The Kier molecular flexibility index (Phi) is 5.42. The smallest absolute Gasteiger partial charge is 0.102 e. The Labute approximate surface area is 106 Å². The van der Waals surface area contributed by atoms with Gasteiger partial charge in [0.15, 0.2) is 0 Å². The highest BCUT2D eigenvalue weighted by atomic mass is 15.1. The van der Waals surface area contributed by atoms with Gasteiger partial charge in [0.25, 0.3) is 0 Å². The van der Waals surface area contributed by atoms with Crippen LogP contribution in [0.25, 0.3) is 0 Å². The third-order valence-corrected chi connectivity index (χ3v) is 4.00. The van der Waals surface area contributed by atoms with Gasteiger partial charge in [0.2, 0.25) is 0 Å². The van der Waals surface area contributed by atoms with Crippen LogP contribution in [-0.4, -0.2) is 30.1 Å². The second-order valence-corrected chi connectivity index (χ2v) is 6.03. The molecule has 0 saturated heterocycles. The van der Waals surface area contributed by atoms with Crippen molar-refractivity contribution in [3.63, 3.8) is 0 Å². The van der Waals surface area contributed by atoms with E-state index in [9.17, 15) is 0 Å². The van der Waals surface area contributed by atoms with Crippen LogP contribution >= 0.6 is 0 Å². The fraction of sp³-hybridized carbons (Fsp3) is 0.929. The Bertz CT molecular complexity index is 261. The minimum Gasteiger partial charge on any atom is -0.314 e. The van der Waals surface area contributed by atoms with Crippen LogP contribution in [0.4, 0.5) is 0 Å². The van der Waals surface area contributed by atoms with E-state index in [1.54, 1.807) is 0 Å². The molecular formula is C14H27N3. The molecule has 0 spiro atoms. The van der Waals surface area contributed by atoms with Crippen molar-refractivity contribution in [1.82, 2.24) is 4.90 Å². The molecule has 0 radical (unpaired) electrons. The van der Waals surface area contributed by atoms with E-state index < -0.39 is 5.54 Å². The molecule has 0 heterocycles. The third-order valence-electron chi connectivity index (χ3n) is 4.00. The zero-order valence-corrected chi connectivity index (χ0v) is 11.6. The molecule has 0 aromatic heterocycles. The monoisotopic (exact) mass is 237 g/mol. The predicted octanol–water partition coefficient (Wildman–Crippen LogP) is 2.52. The largest absolute Gasteiger partial charge is 0.314 e. The van der Waals surface area contributed by atoms with E-state index >= 15 is 0 Å². The molecule has 1 aliphatic rings. The summed E-state index contributed by atoms with van der Waals surface area (Å²) in [6.45, 7) is 5.14. The number of hydrogen-bond donors (Lipinski definition) is 1. The van der Waals surface area contributed by atoms with Crippen molar-refractivity contribution in [3.05, 3.63) is 0 Å². The van der Waals surface area contributed by atoms with E-state index in [2.05, 4.69) is 24.9 Å². The molecule has 1 aliphatic carbocycles. The third kappa shape index (κ3) is 5.06. The van der Waals surface area contributed by atoms with Crippen molar-refractivity contribution in [1.29, 1.82) is 5.26 Å². The van der Waals surface area contributed by atoms with Crippen molar-refractivity contribution in [2.45, 2.75) is 64.0 Å². The molecule has 1 fully saturated rings. The molecule has 3 heteroatoms. The summed E-state index contributed by atoms with van der Waals surface area (Å²) in [5, 5.41) is 8.95. The lowest BCUT2D eigenvalue weighted by Crippen LogP contribution is -2.43. The topological polar surface area (TPSA) is 53.1 Å². The molecule has 1 saturated carbocycles. The van der Waals surface area contributed by atoms with E-state index in [0.29, 0.717) is 6.04 Å². The molecule has 2 unspecified atom stereocenters. The minimum absolute atomic E-state index is 0.381. The maximum atomic E-state index is 8.95. The SMILES string of the molecule is CC(CC(C)(N)C#N)N(C)CC1CCCCC1. The van der Waals surface area contributed by atoms with Crippen LogP contribution in [0, 0.1) is 17.2 Å². The van der Waals surface area contributed by atoms with Gasteiger partial charge in [-0.1, -0.05) is 19.3 Å². The van der Waals surface area contributed by atoms with Crippen molar-refractivity contribution < 1.29 is 0 Å². The molecule has 0 aromatic rings. The van der Waals surface area contributed by atoms with Gasteiger partial charge in [-0.3, -0.25) is 0 Å². The van der Waals surface area contributed by atoms with Crippen molar-refractivity contribution in [3.8, 4) is 6.07 Å². The Morgan fingerprint density at radius 2 is 2.00 bits per heavy atom. The van der Waals surface area contributed by atoms with Gasteiger partial charge in [-0.2, -0.15) is 5.26 Å². The molecule has 98 valence electrons. The summed E-state index contributed by atoms with van der Waals surface area (Å²) in [5.41, 5.74) is 5.21. The first-order valence-corrected chi connectivity index (χ1v) is 6.85. The van der Waals surface area contributed by atoms with E-state index in [4.69, 9.17) is 11.0 Å². The van der Waals surface area contributed by atoms with Crippen molar-refractivity contribution in [2.75, 3.05) is 13.6 Å². The molecule has 0 bridgehead atoms. The fourth-order valence-electron chi connectivity index (χ4n) is 2.77. The van der Waals surface area contributed by atoms with Crippen LogP contribution in [-0.2, 0) is 0 Å². The first-order chi connectivity index (χ1) is 7.94. The lowest BCUT2D eigenvalue weighted by molar-refractivity contribution is 0.174. The first kappa shape index (κ1) is 14.5. The number of rotatable bonds is 5. The molecular weight excluding hydrogens is 210 g/mol. The Balaban J connectivity index is 2.36. The number of nitrogens with zero attached hydrogens (tertiary/aromatic N) is 2. The van der Waals surface area contributed by atoms with Gasteiger partial charge in [0.1, 0.15) is 5.54 Å². The van der Waals surface area contributed by atoms with Crippen LogP contribution < -0.4 is 5.73 Å². The molecule has 0 aromatic carbocycles. The molecule has 2 N–H and O–H groups in total. The summed E-state index contributed by atoms with van der Waals surface area (Å²) in [7, 11) is 2.16. The van der Waals surface area contributed by atoms with E-state index in [0.717, 1.165) is 18.9 Å². The Morgan fingerprint density at radius 3 is 2.53 bits per heavy atom. The quantitative estimate of drug-likeness (QED) is 0.799. The fourth-order valence-corrected chi connectivity index (χ4v) is 2.77. The number of hydrogen-bond acceptors (Lipinski definition) is 3. The number of nitrogens with two attached hydrogens (primary N) is 1. The average Bonchev–Trinajstić information content (AvgIpc) is 2.30. The highest BCUT2D eigenvalue weighted by Gasteiger charge is 2.24. The Morgan fingerprint density at radius 1 is 1.41 bits per heavy atom. The summed E-state index contributed by atoms with van der Waals surface area (Å²) in [4.78, 5) is 2.37. The second kappa shape index (κ2) is 6.37. The van der Waals surface area contributed by atoms with Gasteiger partial charge in [0, 0.05) is 12.6 Å². The molecule has 3 nitrogen and oxygen atoms in total. The van der Waals surface area contributed by atoms with Crippen LogP contribution in [0.5, 0.6) is 0 Å².